The van der Waals surface area contributed by atoms with Gasteiger partial charge in [-0.25, -0.2) is 0 Å². The SMILES string of the molecule is Clc1cccc(Cl)c1C1CCN(Cc2c(-c3ccccn3)[nH]c3ccccc23)CC1. The summed E-state index contributed by atoms with van der Waals surface area (Å²) < 4.78 is 0. The molecule has 0 radical (unpaired) electrons. The molecule has 30 heavy (non-hydrogen) atoms. The van der Waals surface area contributed by atoms with E-state index in [4.69, 9.17) is 23.2 Å². The lowest BCUT2D eigenvalue weighted by atomic mass is 9.89. The van der Waals surface area contributed by atoms with E-state index >= 15 is 0 Å². The highest BCUT2D eigenvalue weighted by Gasteiger charge is 2.25. The molecule has 3 heterocycles. The topological polar surface area (TPSA) is 31.9 Å². The summed E-state index contributed by atoms with van der Waals surface area (Å²) >= 11 is 12.9. The van der Waals surface area contributed by atoms with Gasteiger partial charge in [0.25, 0.3) is 0 Å². The van der Waals surface area contributed by atoms with Crippen LogP contribution in [-0.4, -0.2) is 28.0 Å². The molecule has 2 aromatic carbocycles. The zero-order chi connectivity index (χ0) is 20.5. The largest absolute Gasteiger partial charge is 0.353 e. The van der Waals surface area contributed by atoms with E-state index in [2.05, 4.69) is 45.2 Å². The van der Waals surface area contributed by atoms with E-state index in [1.807, 2.05) is 36.5 Å². The summed E-state index contributed by atoms with van der Waals surface area (Å²) in [7, 11) is 0. The van der Waals surface area contributed by atoms with Gasteiger partial charge in [-0.2, -0.15) is 0 Å². The molecule has 3 nitrogen and oxygen atoms in total. The minimum absolute atomic E-state index is 0.417. The monoisotopic (exact) mass is 435 g/mol. The minimum atomic E-state index is 0.417. The average Bonchev–Trinajstić information content (AvgIpc) is 3.14. The van der Waals surface area contributed by atoms with E-state index in [1.54, 1.807) is 0 Å². The van der Waals surface area contributed by atoms with Crippen LogP contribution in [0.4, 0.5) is 0 Å². The average molecular weight is 436 g/mol. The van der Waals surface area contributed by atoms with Gasteiger partial charge >= 0.3 is 0 Å². The first-order valence-electron chi connectivity index (χ1n) is 10.4. The molecule has 0 atom stereocenters. The molecule has 0 spiro atoms. The lowest BCUT2D eigenvalue weighted by Crippen LogP contribution is -2.32. The minimum Gasteiger partial charge on any atom is -0.353 e. The normalized spacial score (nSPS) is 15.7. The molecule has 2 aromatic heterocycles. The predicted molar refractivity (Wildman–Crippen MR) is 125 cm³/mol. The van der Waals surface area contributed by atoms with Crippen molar-refractivity contribution < 1.29 is 0 Å². The van der Waals surface area contributed by atoms with Gasteiger partial charge in [-0.1, -0.05) is 53.5 Å². The lowest BCUT2D eigenvalue weighted by molar-refractivity contribution is 0.205. The van der Waals surface area contributed by atoms with Crippen LogP contribution in [0, 0.1) is 0 Å². The highest BCUT2D eigenvalue weighted by Crippen LogP contribution is 2.38. The van der Waals surface area contributed by atoms with Crippen LogP contribution in [-0.2, 0) is 6.54 Å². The second kappa shape index (κ2) is 8.43. The number of para-hydroxylation sites is 1. The number of pyridine rings is 1. The number of nitrogens with one attached hydrogen (secondary N) is 1. The van der Waals surface area contributed by atoms with Crippen LogP contribution in [0.3, 0.4) is 0 Å². The Morgan fingerprint density at radius 1 is 0.900 bits per heavy atom. The van der Waals surface area contributed by atoms with Gasteiger partial charge in [-0.3, -0.25) is 9.88 Å². The molecule has 4 aromatic rings. The van der Waals surface area contributed by atoms with Crippen LogP contribution < -0.4 is 0 Å². The van der Waals surface area contributed by atoms with Crippen LogP contribution in [0.15, 0.2) is 66.9 Å². The molecule has 0 amide bonds. The number of aromatic nitrogens is 2. The maximum atomic E-state index is 6.46. The van der Waals surface area contributed by atoms with Gasteiger partial charge in [-0.05, 0) is 67.7 Å². The number of rotatable bonds is 4. The molecule has 1 N–H and O–H groups in total. The number of halogens is 2. The van der Waals surface area contributed by atoms with Crippen LogP contribution in [0.2, 0.25) is 10.0 Å². The molecule has 0 aliphatic carbocycles. The zero-order valence-corrected chi connectivity index (χ0v) is 18.1. The van der Waals surface area contributed by atoms with Crippen molar-refractivity contribution >= 4 is 34.1 Å². The number of H-pyrrole nitrogens is 1. The van der Waals surface area contributed by atoms with Crippen LogP contribution in [0.5, 0.6) is 0 Å². The van der Waals surface area contributed by atoms with Crippen molar-refractivity contribution in [2.45, 2.75) is 25.3 Å². The van der Waals surface area contributed by atoms with Crippen molar-refractivity contribution in [3.63, 3.8) is 0 Å². The van der Waals surface area contributed by atoms with Gasteiger partial charge in [0.1, 0.15) is 0 Å². The molecular weight excluding hydrogens is 413 g/mol. The van der Waals surface area contributed by atoms with Gasteiger partial charge in [0.05, 0.1) is 11.4 Å². The molecule has 1 saturated heterocycles. The van der Waals surface area contributed by atoms with E-state index in [1.165, 1.54) is 10.9 Å². The Bertz CT molecular complexity index is 1140. The molecule has 152 valence electrons. The van der Waals surface area contributed by atoms with Gasteiger partial charge in [0.15, 0.2) is 0 Å². The second-order valence-corrected chi connectivity index (χ2v) is 8.74. The summed E-state index contributed by atoms with van der Waals surface area (Å²) in [6.07, 6.45) is 3.97. The fourth-order valence-electron chi connectivity index (χ4n) is 4.60. The first-order chi connectivity index (χ1) is 14.7. The van der Waals surface area contributed by atoms with Crippen molar-refractivity contribution in [1.29, 1.82) is 0 Å². The van der Waals surface area contributed by atoms with E-state index in [0.717, 1.165) is 65.0 Å². The van der Waals surface area contributed by atoms with Crippen molar-refractivity contribution in [2.24, 2.45) is 0 Å². The highest BCUT2D eigenvalue weighted by molar-refractivity contribution is 6.36. The zero-order valence-electron chi connectivity index (χ0n) is 16.6. The fourth-order valence-corrected chi connectivity index (χ4v) is 5.30. The molecule has 5 heteroatoms. The van der Waals surface area contributed by atoms with Crippen LogP contribution in [0.25, 0.3) is 22.3 Å². The number of hydrogen-bond donors (Lipinski definition) is 1. The second-order valence-electron chi connectivity index (χ2n) is 7.92. The Morgan fingerprint density at radius 3 is 2.37 bits per heavy atom. The van der Waals surface area contributed by atoms with Crippen molar-refractivity contribution in [3.8, 4) is 11.4 Å². The Hall–Kier alpha value is -2.33. The lowest BCUT2D eigenvalue weighted by Gasteiger charge is -2.33. The summed E-state index contributed by atoms with van der Waals surface area (Å²) in [4.78, 5) is 10.7. The summed E-state index contributed by atoms with van der Waals surface area (Å²) in [5.41, 5.74) is 5.70. The number of piperidine rings is 1. The third-order valence-electron chi connectivity index (χ3n) is 6.11. The number of likely N-dealkylation sites (tertiary alicyclic amines) is 1. The highest BCUT2D eigenvalue weighted by atomic mass is 35.5. The van der Waals surface area contributed by atoms with Gasteiger partial charge < -0.3 is 4.98 Å². The number of hydrogen-bond acceptors (Lipinski definition) is 2. The Kier molecular flexibility index (Phi) is 5.51. The van der Waals surface area contributed by atoms with E-state index < -0.39 is 0 Å². The Balaban J connectivity index is 1.40. The van der Waals surface area contributed by atoms with E-state index in [0.29, 0.717) is 5.92 Å². The van der Waals surface area contributed by atoms with Gasteiger partial charge in [0.2, 0.25) is 0 Å². The third-order valence-corrected chi connectivity index (χ3v) is 6.77. The number of aromatic amines is 1. The Labute approximate surface area is 186 Å². The molecule has 0 saturated carbocycles. The number of fused-ring (bicyclic) bond motifs is 1. The number of nitrogens with zero attached hydrogens (tertiary/aromatic N) is 2. The molecule has 1 aliphatic rings. The molecule has 5 rings (SSSR count). The van der Waals surface area contributed by atoms with E-state index in [-0.39, 0.29) is 0 Å². The van der Waals surface area contributed by atoms with Gasteiger partial charge in [0, 0.05) is 39.3 Å². The molecule has 0 unspecified atom stereocenters. The maximum absolute atomic E-state index is 6.46. The quantitative estimate of drug-likeness (QED) is 0.377. The van der Waals surface area contributed by atoms with Crippen LogP contribution in [0.1, 0.15) is 29.9 Å². The summed E-state index contributed by atoms with van der Waals surface area (Å²) in [5.74, 6) is 0.417. The molecule has 1 aliphatic heterocycles. The first-order valence-corrected chi connectivity index (χ1v) is 11.1. The fraction of sp³-hybridized carbons (Fsp3) is 0.240. The summed E-state index contributed by atoms with van der Waals surface area (Å²) in [6.45, 7) is 2.94. The van der Waals surface area contributed by atoms with E-state index in [9.17, 15) is 0 Å². The molecular formula is C25H23Cl2N3. The predicted octanol–water partition coefficient (Wildman–Crippen LogP) is 6.92. The Morgan fingerprint density at radius 2 is 1.63 bits per heavy atom. The molecule has 1 fully saturated rings. The smallest absolute Gasteiger partial charge is 0.0868 e. The summed E-state index contributed by atoms with van der Waals surface area (Å²) in [6, 6.07) is 20.4. The maximum Gasteiger partial charge on any atom is 0.0868 e. The van der Waals surface area contributed by atoms with Crippen LogP contribution >= 0.6 is 23.2 Å². The number of benzene rings is 2. The standard InChI is InChI=1S/C25H23Cl2N3/c26-20-7-5-8-21(27)24(20)17-11-14-30(15-12-17)16-19-18-6-1-2-9-22(18)29-25(19)23-10-3-4-13-28-23/h1-10,13,17,29H,11-12,14-16H2. The van der Waals surface area contributed by atoms with Crippen molar-refractivity contribution in [2.75, 3.05) is 13.1 Å². The van der Waals surface area contributed by atoms with Gasteiger partial charge in [-0.15, -0.1) is 0 Å². The van der Waals surface area contributed by atoms with Crippen molar-refractivity contribution in [1.82, 2.24) is 14.9 Å². The third kappa shape index (κ3) is 3.74. The first kappa shape index (κ1) is 19.6. The summed E-state index contributed by atoms with van der Waals surface area (Å²) in [5, 5.41) is 2.85. The molecule has 0 bridgehead atoms. The van der Waals surface area contributed by atoms with Crippen molar-refractivity contribution in [3.05, 3.63) is 88.0 Å².